The lowest BCUT2D eigenvalue weighted by Crippen LogP contribution is -2.30. The minimum Gasteiger partial charge on any atom is -0.508 e. The van der Waals surface area contributed by atoms with Crippen LogP contribution in [0.15, 0.2) is 12.1 Å². The molecule has 0 saturated carbocycles. The van der Waals surface area contributed by atoms with E-state index in [-0.39, 0.29) is 29.5 Å². The lowest BCUT2D eigenvalue weighted by Gasteiger charge is -2.19. The number of aromatic hydroxyl groups is 1. The number of hydrogen-bond acceptors (Lipinski definition) is 3. The highest BCUT2D eigenvalue weighted by molar-refractivity contribution is 6.42. The van der Waals surface area contributed by atoms with Gasteiger partial charge < -0.3 is 16.2 Å². The maximum atomic E-state index is 11.4. The van der Waals surface area contributed by atoms with Crippen molar-refractivity contribution in [1.29, 1.82) is 0 Å². The van der Waals surface area contributed by atoms with Crippen LogP contribution in [0.5, 0.6) is 5.75 Å². The fraction of sp³-hybridized carbons (Fsp3) is 0.500. The third kappa shape index (κ3) is 2.87. The molecular formula is C14H18Cl2N2O2. The molecule has 0 bridgehead atoms. The number of amides is 1. The maximum Gasteiger partial charge on any atom is 0.220 e. The Balaban J connectivity index is 2.22. The zero-order chi connectivity index (χ0) is 14.9. The largest absolute Gasteiger partial charge is 0.508 e. The van der Waals surface area contributed by atoms with Crippen LogP contribution in [0.3, 0.4) is 0 Å². The molecule has 0 aromatic heterocycles. The van der Waals surface area contributed by atoms with Gasteiger partial charge in [0.25, 0.3) is 0 Å². The molecule has 4 N–H and O–H groups in total. The fourth-order valence-electron chi connectivity index (χ4n) is 2.94. The number of primary amides is 1. The molecule has 1 aromatic rings. The van der Waals surface area contributed by atoms with Crippen molar-refractivity contribution in [3.8, 4) is 5.75 Å². The van der Waals surface area contributed by atoms with Crippen LogP contribution in [0.2, 0.25) is 10.0 Å². The first kappa shape index (κ1) is 15.4. The molecule has 20 heavy (non-hydrogen) atoms. The van der Waals surface area contributed by atoms with Gasteiger partial charge in [-0.1, -0.05) is 30.1 Å². The highest BCUT2D eigenvalue weighted by Gasteiger charge is 2.35. The first-order valence-electron chi connectivity index (χ1n) is 6.65. The highest BCUT2D eigenvalue weighted by Crippen LogP contribution is 2.42. The van der Waals surface area contributed by atoms with Crippen LogP contribution in [-0.2, 0) is 4.79 Å². The van der Waals surface area contributed by atoms with Gasteiger partial charge in [-0.25, -0.2) is 0 Å². The van der Waals surface area contributed by atoms with Crippen molar-refractivity contribution in [1.82, 2.24) is 5.32 Å². The molecular weight excluding hydrogens is 299 g/mol. The van der Waals surface area contributed by atoms with Crippen molar-refractivity contribution in [2.75, 3.05) is 6.54 Å². The van der Waals surface area contributed by atoms with Crippen molar-refractivity contribution in [3.63, 3.8) is 0 Å². The Labute approximate surface area is 128 Å². The van der Waals surface area contributed by atoms with Gasteiger partial charge in [0.15, 0.2) is 0 Å². The Hall–Kier alpha value is -0.970. The molecule has 0 aliphatic carbocycles. The normalized spacial score (nSPS) is 23.8. The van der Waals surface area contributed by atoms with E-state index in [0.29, 0.717) is 35.0 Å². The molecule has 3 atom stereocenters. The molecule has 1 aromatic carbocycles. The topological polar surface area (TPSA) is 75.4 Å². The summed E-state index contributed by atoms with van der Waals surface area (Å²) in [5.41, 5.74) is 6.03. The first-order chi connectivity index (χ1) is 9.45. The number of carbonyl (C=O) groups excluding carboxylic acids is 1. The number of rotatable bonds is 4. The molecule has 4 nitrogen and oxygen atoms in total. The second-order valence-electron chi connectivity index (χ2n) is 5.17. The first-order valence-corrected chi connectivity index (χ1v) is 7.40. The summed E-state index contributed by atoms with van der Waals surface area (Å²) in [5, 5.41) is 14.1. The van der Waals surface area contributed by atoms with Crippen LogP contribution in [0.1, 0.15) is 31.4 Å². The average Bonchev–Trinajstić information content (AvgIpc) is 2.84. The van der Waals surface area contributed by atoms with Gasteiger partial charge in [-0.15, -0.1) is 0 Å². The standard InChI is InChI=1S/C14H18Cl2N2O2/c1-2-8(14(17)20)7-5-10(18-6-7)12-11(19)4-3-9(15)13(12)16/h3-4,7-8,10,18-19H,2,5-6H2,1H3,(H2,17,20)/t7-,8+,10+/m0/s1. The Morgan fingerprint density at radius 3 is 2.85 bits per heavy atom. The number of benzene rings is 1. The number of nitrogens with one attached hydrogen (secondary N) is 1. The van der Waals surface area contributed by atoms with Crippen molar-refractivity contribution >= 4 is 29.1 Å². The lowest BCUT2D eigenvalue weighted by molar-refractivity contribution is -0.123. The lowest BCUT2D eigenvalue weighted by atomic mass is 9.86. The molecule has 1 aliphatic heterocycles. The molecule has 0 spiro atoms. The summed E-state index contributed by atoms with van der Waals surface area (Å²) in [6.45, 7) is 2.63. The van der Waals surface area contributed by atoms with Crippen LogP contribution in [0, 0.1) is 11.8 Å². The number of carbonyl (C=O) groups is 1. The molecule has 2 rings (SSSR count). The van der Waals surface area contributed by atoms with E-state index in [1.165, 1.54) is 6.07 Å². The summed E-state index contributed by atoms with van der Waals surface area (Å²) in [5.74, 6) is -0.171. The summed E-state index contributed by atoms with van der Waals surface area (Å²) in [4.78, 5) is 11.4. The zero-order valence-corrected chi connectivity index (χ0v) is 12.7. The van der Waals surface area contributed by atoms with Gasteiger partial charge in [0, 0.05) is 17.5 Å². The monoisotopic (exact) mass is 316 g/mol. The number of nitrogens with two attached hydrogens (primary N) is 1. The van der Waals surface area contributed by atoms with Crippen molar-refractivity contribution in [3.05, 3.63) is 27.7 Å². The van der Waals surface area contributed by atoms with Crippen molar-refractivity contribution in [2.24, 2.45) is 17.6 Å². The van der Waals surface area contributed by atoms with Crippen LogP contribution < -0.4 is 11.1 Å². The number of halogens is 2. The molecule has 1 aliphatic rings. The maximum absolute atomic E-state index is 11.4. The van der Waals surface area contributed by atoms with Gasteiger partial charge >= 0.3 is 0 Å². The minimum atomic E-state index is -0.277. The molecule has 1 saturated heterocycles. The van der Waals surface area contributed by atoms with E-state index >= 15 is 0 Å². The second-order valence-corrected chi connectivity index (χ2v) is 5.95. The van der Waals surface area contributed by atoms with Gasteiger partial charge in [0.2, 0.25) is 5.91 Å². The summed E-state index contributed by atoms with van der Waals surface area (Å²) in [7, 11) is 0. The van der Waals surface area contributed by atoms with E-state index in [1.807, 2.05) is 6.92 Å². The number of phenols is 1. The molecule has 1 fully saturated rings. The number of hydrogen-bond donors (Lipinski definition) is 3. The van der Waals surface area contributed by atoms with Gasteiger partial charge in [-0.3, -0.25) is 4.79 Å². The van der Waals surface area contributed by atoms with E-state index in [0.717, 1.165) is 0 Å². The van der Waals surface area contributed by atoms with Crippen LogP contribution >= 0.6 is 23.2 Å². The summed E-state index contributed by atoms with van der Waals surface area (Å²) in [6, 6.07) is 2.98. The Morgan fingerprint density at radius 1 is 1.55 bits per heavy atom. The molecule has 0 radical (unpaired) electrons. The quantitative estimate of drug-likeness (QED) is 0.799. The zero-order valence-electron chi connectivity index (χ0n) is 11.2. The van der Waals surface area contributed by atoms with E-state index < -0.39 is 0 Å². The molecule has 1 heterocycles. The molecule has 110 valence electrons. The Morgan fingerprint density at radius 2 is 2.25 bits per heavy atom. The van der Waals surface area contributed by atoms with Gasteiger partial charge in [-0.2, -0.15) is 0 Å². The third-order valence-electron chi connectivity index (χ3n) is 4.00. The van der Waals surface area contributed by atoms with E-state index in [2.05, 4.69) is 5.32 Å². The Bertz CT molecular complexity index is 522. The van der Waals surface area contributed by atoms with Crippen LogP contribution in [0.4, 0.5) is 0 Å². The average molecular weight is 317 g/mol. The summed E-state index contributed by atoms with van der Waals surface area (Å²) < 4.78 is 0. The smallest absolute Gasteiger partial charge is 0.220 e. The second kappa shape index (κ2) is 6.20. The van der Waals surface area contributed by atoms with Gasteiger partial charge in [-0.05, 0) is 37.4 Å². The molecule has 1 amide bonds. The van der Waals surface area contributed by atoms with E-state index in [4.69, 9.17) is 28.9 Å². The van der Waals surface area contributed by atoms with Gasteiger partial charge in [0.1, 0.15) is 5.75 Å². The Kier molecular flexibility index (Phi) is 4.78. The van der Waals surface area contributed by atoms with Crippen LogP contribution in [0.25, 0.3) is 0 Å². The van der Waals surface area contributed by atoms with Crippen molar-refractivity contribution < 1.29 is 9.90 Å². The van der Waals surface area contributed by atoms with Crippen LogP contribution in [-0.4, -0.2) is 17.6 Å². The highest BCUT2D eigenvalue weighted by atomic mass is 35.5. The van der Waals surface area contributed by atoms with E-state index in [9.17, 15) is 9.90 Å². The van der Waals surface area contributed by atoms with Gasteiger partial charge in [0.05, 0.1) is 10.0 Å². The van der Waals surface area contributed by atoms with Crippen molar-refractivity contribution in [2.45, 2.75) is 25.8 Å². The third-order valence-corrected chi connectivity index (χ3v) is 4.82. The SMILES string of the molecule is CC[C@@H](C(N)=O)[C@@H]1CN[C@@H](c2c(O)ccc(Cl)c2Cl)C1. The van der Waals surface area contributed by atoms with E-state index in [1.54, 1.807) is 6.07 Å². The summed E-state index contributed by atoms with van der Waals surface area (Å²) in [6.07, 6.45) is 1.42. The number of phenolic OH excluding ortho intramolecular Hbond substituents is 1. The minimum absolute atomic E-state index is 0.111. The predicted molar refractivity (Wildman–Crippen MR) is 80.0 cm³/mol. The summed E-state index contributed by atoms with van der Waals surface area (Å²) >= 11 is 12.2. The molecule has 6 heteroatoms. The predicted octanol–water partition coefficient (Wildman–Crippen LogP) is 2.86. The fourth-order valence-corrected chi connectivity index (χ4v) is 3.40. The molecule has 0 unspecified atom stereocenters.